The van der Waals surface area contributed by atoms with E-state index in [-0.39, 0.29) is 37.4 Å². The van der Waals surface area contributed by atoms with Crippen LogP contribution in [-0.2, 0) is 0 Å². The second kappa shape index (κ2) is 21.1. The quantitative estimate of drug-likeness (QED) is 0.0266. The number of aliphatic hydroxyl groups is 8. The molecule has 13 heteroatoms. The van der Waals surface area contributed by atoms with Crippen molar-refractivity contribution in [1.29, 1.82) is 0 Å². The molecule has 7 aromatic rings. The molecule has 0 saturated heterocycles. The molecule has 0 aromatic heterocycles. The third-order valence-corrected chi connectivity index (χ3v) is 11.2. The Balaban J connectivity index is 1.22. The summed E-state index contributed by atoms with van der Waals surface area (Å²) >= 11 is 0. The van der Waals surface area contributed by atoms with Gasteiger partial charge in [-0.3, -0.25) is 0 Å². The Morgan fingerprint density at radius 3 is 1.01 bits per heavy atom. The summed E-state index contributed by atoms with van der Waals surface area (Å²) in [5, 5.41) is 79.6. The van der Waals surface area contributed by atoms with E-state index in [1.54, 1.807) is 69.3 Å². The molecule has 0 fully saturated rings. The normalized spacial score (nSPS) is 12.0. The number of hydrogen-bond acceptors (Lipinski definition) is 13. The Hall–Kier alpha value is -7.04. The third kappa shape index (κ3) is 13.6. The van der Waals surface area contributed by atoms with Crippen LogP contribution in [0.5, 0.6) is 23.0 Å². The molecule has 0 aliphatic rings. The fraction of sp³-hybridized carbons (Fsp3) is 0.214. The van der Waals surface area contributed by atoms with Crippen molar-refractivity contribution in [2.45, 2.75) is 70.7 Å². The monoisotopic (exact) mass is 935 g/mol. The van der Waals surface area contributed by atoms with Crippen molar-refractivity contribution in [2.75, 3.05) is 11.5 Å². The molecule has 7 rings (SSSR count). The van der Waals surface area contributed by atoms with Gasteiger partial charge in [0.2, 0.25) is 0 Å². The first-order valence-electron chi connectivity index (χ1n) is 22.5. The lowest BCUT2D eigenvalue weighted by atomic mass is 9.95. The molecule has 0 aliphatic carbocycles. The minimum absolute atomic E-state index is 0.00375. The highest BCUT2D eigenvalue weighted by molar-refractivity contribution is 5.92. The van der Waals surface area contributed by atoms with Crippen molar-refractivity contribution in [3.63, 3.8) is 0 Å². The molecule has 0 saturated carbocycles. The first-order valence-corrected chi connectivity index (χ1v) is 22.5. The molecule has 0 atom stereocenters. The van der Waals surface area contributed by atoms with Crippen LogP contribution in [0.15, 0.2) is 170 Å². The summed E-state index contributed by atoms with van der Waals surface area (Å²) in [6.45, 7) is 5.79. The minimum Gasteiger partial charge on any atom is -0.488 e. The van der Waals surface area contributed by atoms with Gasteiger partial charge in [0.25, 0.3) is 0 Å². The van der Waals surface area contributed by atoms with Gasteiger partial charge in [0.15, 0.2) is 5.79 Å². The van der Waals surface area contributed by atoms with Crippen LogP contribution in [0.25, 0.3) is 33.9 Å². The summed E-state index contributed by atoms with van der Waals surface area (Å²) in [6, 6.07) is 52.7. The summed E-state index contributed by atoms with van der Waals surface area (Å²) in [5.41, 5.74) is 9.65. The number of rotatable bonds is 20. The Morgan fingerprint density at radius 2 is 0.696 bits per heavy atom. The van der Waals surface area contributed by atoms with E-state index in [0.717, 1.165) is 61.6 Å². The van der Waals surface area contributed by atoms with E-state index in [0.29, 0.717) is 11.5 Å². The molecule has 0 amide bonds. The molecule has 0 heterocycles. The standard InChI is InChI=1S/C56H57NO12/c1-5-54(60,61)67-49-30-16-42(17-31-49)40-12-26-47(27-13-40)57(46-24-10-39(11-25-46)41-14-28-48(29-15-41)66-37-53(4,58)59)45-22-8-38(9-23-45)36-52(43-18-32-50(33-19-43)68-55(62,63)6-2)44-20-34-51(35-21-44)69-56(64,65)7-3/h8-36,58-65H,5-7,37H2,1-4H3. The van der Waals surface area contributed by atoms with Crippen molar-refractivity contribution < 1.29 is 59.8 Å². The minimum atomic E-state index is -2.31. The Bertz CT molecular complexity index is 2700. The highest BCUT2D eigenvalue weighted by Crippen LogP contribution is 2.38. The fourth-order valence-electron chi connectivity index (χ4n) is 7.14. The number of ether oxygens (including phenoxy) is 4. The highest BCUT2D eigenvalue weighted by Gasteiger charge is 2.25. The fourth-order valence-corrected chi connectivity index (χ4v) is 7.14. The maximum absolute atomic E-state index is 10.1. The first kappa shape index (κ1) is 49.9. The summed E-state index contributed by atoms with van der Waals surface area (Å²) in [6.07, 6.45) is 1.96. The van der Waals surface area contributed by atoms with Crippen LogP contribution in [0.3, 0.4) is 0 Å². The summed E-state index contributed by atoms with van der Waals surface area (Å²) in [4.78, 5) is 2.14. The average molecular weight is 936 g/mol. The second-order valence-corrected chi connectivity index (χ2v) is 16.8. The third-order valence-electron chi connectivity index (χ3n) is 11.2. The van der Waals surface area contributed by atoms with Gasteiger partial charge in [-0.25, -0.2) is 0 Å². The smallest absolute Gasteiger partial charge is 0.321 e. The number of anilines is 3. The van der Waals surface area contributed by atoms with Crippen LogP contribution in [-0.4, -0.2) is 71.2 Å². The largest absolute Gasteiger partial charge is 0.488 e. The Labute approximate surface area is 401 Å². The molecule has 69 heavy (non-hydrogen) atoms. The molecular formula is C56H57NO12. The van der Waals surface area contributed by atoms with Gasteiger partial charge in [-0.05, 0) is 142 Å². The molecule has 13 nitrogen and oxygen atoms in total. The zero-order valence-electron chi connectivity index (χ0n) is 38.7. The van der Waals surface area contributed by atoms with E-state index < -0.39 is 23.7 Å². The first-order chi connectivity index (χ1) is 32.8. The van der Waals surface area contributed by atoms with E-state index in [2.05, 4.69) is 4.90 Å². The lowest BCUT2D eigenvalue weighted by molar-refractivity contribution is -0.293. The SMILES string of the molecule is CCC(O)(O)Oc1ccc(C(=Cc2ccc(N(c3ccc(-c4ccc(OCC(C)(O)O)cc4)cc3)c3ccc(-c4ccc(OC(O)(O)CC)cc4)cc3)cc2)c2ccc(OC(O)(O)CC)cc2)cc1. The van der Waals surface area contributed by atoms with Gasteiger partial charge < -0.3 is 64.7 Å². The van der Waals surface area contributed by atoms with Crippen LogP contribution in [0, 0.1) is 0 Å². The molecule has 0 aliphatic heterocycles. The number of nitrogens with zero attached hydrogens (tertiary/aromatic N) is 1. The van der Waals surface area contributed by atoms with Gasteiger partial charge in [-0.15, -0.1) is 0 Å². The van der Waals surface area contributed by atoms with Crippen LogP contribution < -0.4 is 23.8 Å². The summed E-state index contributed by atoms with van der Waals surface area (Å²) in [7, 11) is 0. The van der Waals surface area contributed by atoms with Gasteiger partial charge in [0.1, 0.15) is 29.6 Å². The molecule has 0 unspecified atom stereocenters. The van der Waals surface area contributed by atoms with Crippen molar-refractivity contribution in [3.8, 4) is 45.3 Å². The van der Waals surface area contributed by atoms with Crippen molar-refractivity contribution in [3.05, 3.63) is 187 Å². The number of hydrogen-bond donors (Lipinski definition) is 8. The summed E-state index contributed by atoms with van der Waals surface area (Å²) < 4.78 is 21.6. The molecule has 0 spiro atoms. The molecule has 8 N–H and O–H groups in total. The van der Waals surface area contributed by atoms with Gasteiger partial charge in [0, 0.05) is 36.3 Å². The van der Waals surface area contributed by atoms with Crippen LogP contribution in [0.2, 0.25) is 0 Å². The predicted octanol–water partition coefficient (Wildman–Crippen LogP) is 9.44. The van der Waals surface area contributed by atoms with E-state index >= 15 is 0 Å². The average Bonchev–Trinajstić information content (AvgIpc) is 3.34. The van der Waals surface area contributed by atoms with Gasteiger partial charge in [-0.2, -0.15) is 0 Å². The predicted molar refractivity (Wildman–Crippen MR) is 264 cm³/mol. The van der Waals surface area contributed by atoms with Crippen molar-refractivity contribution >= 4 is 28.7 Å². The zero-order chi connectivity index (χ0) is 49.4. The van der Waals surface area contributed by atoms with Crippen molar-refractivity contribution in [1.82, 2.24) is 0 Å². The van der Waals surface area contributed by atoms with Crippen LogP contribution in [0.4, 0.5) is 17.1 Å². The maximum Gasteiger partial charge on any atom is 0.321 e. The zero-order valence-corrected chi connectivity index (χ0v) is 38.7. The van der Waals surface area contributed by atoms with Gasteiger partial charge in [0.05, 0.1) is 0 Å². The maximum atomic E-state index is 10.1. The molecular weight excluding hydrogens is 879 g/mol. The Morgan fingerprint density at radius 1 is 0.406 bits per heavy atom. The van der Waals surface area contributed by atoms with E-state index in [1.165, 1.54) is 6.92 Å². The lowest BCUT2D eigenvalue weighted by Crippen LogP contribution is -2.34. The van der Waals surface area contributed by atoms with Gasteiger partial charge >= 0.3 is 17.9 Å². The van der Waals surface area contributed by atoms with E-state index in [4.69, 9.17) is 18.9 Å². The van der Waals surface area contributed by atoms with E-state index in [9.17, 15) is 40.9 Å². The highest BCUT2D eigenvalue weighted by atomic mass is 16.8. The van der Waals surface area contributed by atoms with Crippen LogP contribution in [0.1, 0.15) is 63.6 Å². The molecule has 7 aromatic carbocycles. The molecule has 0 radical (unpaired) electrons. The molecule has 0 bridgehead atoms. The van der Waals surface area contributed by atoms with E-state index in [1.807, 2.05) is 127 Å². The summed E-state index contributed by atoms with van der Waals surface area (Å²) in [5.74, 6) is -7.45. The Kier molecular flexibility index (Phi) is 15.2. The lowest BCUT2D eigenvalue weighted by Gasteiger charge is -2.26. The second-order valence-electron chi connectivity index (χ2n) is 16.8. The van der Waals surface area contributed by atoms with Crippen molar-refractivity contribution in [2.24, 2.45) is 0 Å². The molecule has 358 valence electrons. The van der Waals surface area contributed by atoms with Gasteiger partial charge in [-0.1, -0.05) is 106 Å². The number of benzene rings is 7. The topological polar surface area (TPSA) is 202 Å². The van der Waals surface area contributed by atoms with Crippen LogP contribution >= 0.6 is 0 Å².